The van der Waals surface area contributed by atoms with Gasteiger partial charge in [0.25, 0.3) is 0 Å². The Morgan fingerprint density at radius 2 is 0.923 bits per heavy atom. The van der Waals surface area contributed by atoms with E-state index < -0.39 is 0 Å². The van der Waals surface area contributed by atoms with Crippen LogP contribution < -0.4 is 0 Å². The van der Waals surface area contributed by atoms with Crippen LogP contribution >= 0.6 is 0 Å². The standard InChI is InChI=1S/C46H91NO5/c1-6-9-12-15-18-25-32-43(33-26-19-16-13-10-7-2)41-51-44(49)34-28-21-23-30-37-47(39-40-48)38-31-24-22-29-36-46(4,5)42-52-45(50)35-27-20-17-14-11-8-3/h43,48H,6-42H2,1-5H3. The minimum Gasteiger partial charge on any atom is -0.465 e. The fourth-order valence-electron chi connectivity index (χ4n) is 7.22. The van der Waals surface area contributed by atoms with E-state index in [2.05, 4.69) is 39.5 Å². The highest BCUT2D eigenvalue weighted by Crippen LogP contribution is 2.25. The second-order valence-corrected chi connectivity index (χ2v) is 16.9. The predicted molar refractivity (Wildman–Crippen MR) is 223 cm³/mol. The molecule has 0 bridgehead atoms. The molecule has 0 spiro atoms. The van der Waals surface area contributed by atoms with Crippen molar-refractivity contribution >= 4 is 11.9 Å². The first-order valence-corrected chi connectivity index (χ1v) is 22.9. The van der Waals surface area contributed by atoms with E-state index in [1.807, 2.05) is 0 Å². The Morgan fingerprint density at radius 1 is 0.519 bits per heavy atom. The maximum Gasteiger partial charge on any atom is 0.305 e. The first-order chi connectivity index (χ1) is 25.3. The van der Waals surface area contributed by atoms with E-state index in [9.17, 15) is 14.7 Å². The number of unbranched alkanes of at least 4 members (excludes halogenated alkanes) is 21. The van der Waals surface area contributed by atoms with Crippen LogP contribution in [0.2, 0.25) is 0 Å². The smallest absolute Gasteiger partial charge is 0.305 e. The van der Waals surface area contributed by atoms with Crippen molar-refractivity contribution < 1.29 is 24.2 Å². The van der Waals surface area contributed by atoms with Crippen molar-refractivity contribution in [3.8, 4) is 0 Å². The second kappa shape index (κ2) is 38.1. The quantitative estimate of drug-likeness (QED) is 0.0497. The lowest BCUT2D eigenvalue weighted by Gasteiger charge is -2.24. The van der Waals surface area contributed by atoms with Gasteiger partial charge < -0.3 is 19.5 Å². The summed E-state index contributed by atoms with van der Waals surface area (Å²) >= 11 is 0. The number of carbonyl (C=O) groups is 2. The highest BCUT2D eigenvalue weighted by Gasteiger charge is 2.20. The molecule has 0 amide bonds. The molecule has 0 aromatic heterocycles. The van der Waals surface area contributed by atoms with Crippen molar-refractivity contribution in [3.63, 3.8) is 0 Å². The fourth-order valence-corrected chi connectivity index (χ4v) is 7.22. The molecule has 0 saturated heterocycles. The van der Waals surface area contributed by atoms with Gasteiger partial charge in [-0.25, -0.2) is 0 Å². The number of nitrogens with zero attached hydrogens (tertiary/aromatic N) is 1. The SMILES string of the molecule is CCCCCCCCC(=O)OCC(C)(C)CCCCCCN(CCO)CCCCCCC(=O)OCC(CCCCCCCC)CCCCCCCC. The summed E-state index contributed by atoms with van der Waals surface area (Å²) in [6.45, 7) is 15.3. The van der Waals surface area contributed by atoms with Crippen LogP contribution in [0.1, 0.15) is 234 Å². The normalized spacial score (nSPS) is 11.9. The van der Waals surface area contributed by atoms with Crippen LogP contribution in [-0.2, 0) is 19.1 Å². The van der Waals surface area contributed by atoms with Gasteiger partial charge in [0, 0.05) is 19.4 Å². The summed E-state index contributed by atoms with van der Waals surface area (Å²) in [6.07, 6.45) is 36.4. The Hall–Kier alpha value is -1.14. The van der Waals surface area contributed by atoms with Gasteiger partial charge in [0.05, 0.1) is 19.8 Å². The Bertz CT molecular complexity index is 756. The van der Waals surface area contributed by atoms with E-state index in [-0.39, 0.29) is 24.0 Å². The Kier molecular flexibility index (Phi) is 37.3. The summed E-state index contributed by atoms with van der Waals surface area (Å²) in [4.78, 5) is 27.1. The maximum atomic E-state index is 12.6. The van der Waals surface area contributed by atoms with E-state index in [1.54, 1.807) is 0 Å². The van der Waals surface area contributed by atoms with Gasteiger partial charge in [0.2, 0.25) is 0 Å². The van der Waals surface area contributed by atoms with Crippen LogP contribution in [0.5, 0.6) is 0 Å². The number of aliphatic hydroxyl groups is 1. The Balaban J connectivity index is 4.09. The Labute approximate surface area is 324 Å². The lowest BCUT2D eigenvalue weighted by molar-refractivity contribution is -0.147. The zero-order valence-electron chi connectivity index (χ0n) is 35.8. The molecule has 6 nitrogen and oxygen atoms in total. The van der Waals surface area contributed by atoms with E-state index in [0.29, 0.717) is 32.0 Å². The van der Waals surface area contributed by atoms with Crippen molar-refractivity contribution in [2.45, 2.75) is 234 Å². The van der Waals surface area contributed by atoms with Crippen LogP contribution in [0.25, 0.3) is 0 Å². The predicted octanol–water partition coefficient (Wildman–Crippen LogP) is 13.2. The van der Waals surface area contributed by atoms with Gasteiger partial charge >= 0.3 is 11.9 Å². The van der Waals surface area contributed by atoms with Gasteiger partial charge in [-0.1, -0.05) is 176 Å². The molecule has 0 aliphatic rings. The molecule has 52 heavy (non-hydrogen) atoms. The molecular formula is C46H91NO5. The summed E-state index contributed by atoms with van der Waals surface area (Å²) < 4.78 is 11.4. The van der Waals surface area contributed by atoms with Crippen LogP contribution in [-0.4, -0.2) is 61.4 Å². The molecule has 0 aliphatic carbocycles. The van der Waals surface area contributed by atoms with Crippen LogP contribution in [0.4, 0.5) is 0 Å². The van der Waals surface area contributed by atoms with Crippen molar-refractivity contribution in [2.75, 3.05) is 39.5 Å². The van der Waals surface area contributed by atoms with Crippen LogP contribution in [0, 0.1) is 11.3 Å². The molecule has 1 N–H and O–H groups in total. The van der Waals surface area contributed by atoms with Crippen molar-refractivity contribution in [1.82, 2.24) is 4.90 Å². The zero-order chi connectivity index (χ0) is 38.4. The lowest BCUT2D eigenvalue weighted by atomic mass is 9.88. The van der Waals surface area contributed by atoms with Gasteiger partial charge in [-0.05, 0) is 69.4 Å². The fraction of sp³-hybridized carbons (Fsp3) is 0.957. The first kappa shape index (κ1) is 50.9. The molecule has 0 radical (unpaired) electrons. The molecule has 0 rings (SSSR count). The van der Waals surface area contributed by atoms with E-state index in [1.165, 1.54) is 128 Å². The topological polar surface area (TPSA) is 76.1 Å². The summed E-state index contributed by atoms with van der Waals surface area (Å²) in [5.74, 6) is 0.485. The van der Waals surface area contributed by atoms with E-state index in [4.69, 9.17) is 9.47 Å². The number of ether oxygens (including phenoxy) is 2. The first-order valence-electron chi connectivity index (χ1n) is 22.9. The second-order valence-electron chi connectivity index (χ2n) is 16.9. The minimum absolute atomic E-state index is 0.00861. The third-order valence-corrected chi connectivity index (χ3v) is 10.9. The van der Waals surface area contributed by atoms with Gasteiger partial charge in [-0.3, -0.25) is 9.59 Å². The molecule has 0 atom stereocenters. The van der Waals surface area contributed by atoms with Crippen molar-refractivity contribution in [3.05, 3.63) is 0 Å². The van der Waals surface area contributed by atoms with Crippen LogP contribution in [0.15, 0.2) is 0 Å². The molecular weight excluding hydrogens is 647 g/mol. The van der Waals surface area contributed by atoms with Gasteiger partial charge in [-0.15, -0.1) is 0 Å². The molecule has 6 heteroatoms. The summed E-state index contributed by atoms with van der Waals surface area (Å²) in [7, 11) is 0. The maximum absolute atomic E-state index is 12.6. The third-order valence-electron chi connectivity index (χ3n) is 10.9. The number of hydrogen-bond acceptors (Lipinski definition) is 6. The van der Waals surface area contributed by atoms with E-state index in [0.717, 1.165) is 77.4 Å². The average Bonchev–Trinajstić information content (AvgIpc) is 3.13. The number of carbonyl (C=O) groups excluding carboxylic acids is 2. The molecule has 0 aromatic rings. The highest BCUT2D eigenvalue weighted by molar-refractivity contribution is 5.69. The summed E-state index contributed by atoms with van der Waals surface area (Å²) in [6, 6.07) is 0. The number of esters is 2. The Morgan fingerprint density at radius 3 is 1.40 bits per heavy atom. The molecule has 0 aromatic carbocycles. The zero-order valence-corrected chi connectivity index (χ0v) is 35.8. The number of rotatable bonds is 41. The number of aliphatic hydroxyl groups excluding tert-OH is 1. The summed E-state index contributed by atoms with van der Waals surface area (Å²) in [5, 5.41) is 9.59. The molecule has 0 fully saturated rings. The van der Waals surface area contributed by atoms with Crippen LogP contribution in [0.3, 0.4) is 0 Å². The van der Waals surface area contributed by atoms with Crippen molar-refractivity contribution in [1.29, 1.82) is 0 Å². The van der Waals surface area contributed by atoms with E-state index >= 15 is 0 Å². The largest absolute Gasteiger partial charge is 0.465 e. The van der Waals surface area contributed by atoms with Gasteiger partial charge in [0.1, 0.15) is 0 Å². The minimum atomic E-state index is -0.0357. The number of hydrogen-bond donors (Lipinski definition) is 1. The van der Waals surface area contributed by atoms with Gasteiger partial charge in [-0.2, -0.15) is 0 Å². The molecule has 310 valence electrons. The molecule has 0 unspecified atom stereocenters. The molecule has 0 saturated carbocycles. The summed E-state index contributed by atoms with van der Waals surface area (Å²) in [5.41, 5.74) is 0.0271. The monoisotopic (exact) mass is 738 g/mol. The molecule has 0 heterocycles. The third kappa shape index (κ3) is 35.9. The van der Waals surface area contributed by atoms with Crippen molar-refractivity contribution in [2.24, 2.45) is 11.3 Å². The molecule has 0 aliphatic heterocycles. The lowest BCUT2D eigenvalue weighted by Crippen LogP contribution is -2.29. The van der Waals surface area contributed by atoms with Gasteiger partial charge in [0.15, 0.2) is 0 Å². The highest BCUT2D eigenvalue weighted by atomic mass is 16.5. The average molecular weight is 738 g/mol.